The van der Waals surface area contributed by atoms with Gasteiger partial charge in [-0.25, -0.2) is 0 Å². The lowest BCUT2D eigenvalue weighted by Gasteiger charge is -2.24. The Labute approximate surface area is 394 Å². The summed E-state index contributed by atoms with van der Waals surface area (Å²) >= 11 is 0. The van der Waals surface area contributed by atoms with E-state index in [0.29, 0.717) is 19.3 Å². The maximum absolute atomic E-state index is 13.2. The zero-order valence-corrected chi connectivity index (χ0v) is 41.4. The highest BCUT2D eigenvalue weighted by Gasteiger charge is 2.24. The largest absolute Gasteiger partial charge is 0.462 e. The Kier molecular flexibility index (Phi) is 47.8. The van der Waals surface area contributed by atoms with Crippen molar-refractivity contribution < 1.29 is 24.5 Å². The fraction of sp³-hybridized carbons (Fsp3) is 0.655. The second-order valence-electron chi connectivity index (χ2n) is 17.2. The van der Waals surface area contributed by atoms with E-state index in [1.165, 1.54) is 64.2 Å². The van der Waals surface area contributed by atoms with Crippen LogP contribution in [0, 0.1) is 0 Å². The van der Waals surface area contributed by atoms with Crippen molar-refractivity contribution in [1.29, 1.82) is 0 Å². The van der Waals surface area contributed by atoms with Gasteiger partial charge in [-0.15, -0.1) is 0 Å². The molecule has 1 amide bonds. The van der Waals surface area contributed by atoms with Crippen LogP contribution in [0.3, 0.4) is 0 Å². The van der Waals surface area contributed by atoms with Crippen LogP contribution in [-0.4, -0.2) is 46.9 Å². The van der Waals surface area contributed by atoms with Gasteiger partial charge in [0.25, 0.3) is 0 Å². The number of allylic oxidation sites excluding steroid dienone is 18. The van der Waals surface area contributed by atoms with Gasteiger partial charge in [0.2, 0.25) is 5.91 Å². The zero-order valence-electron chi connectivity index (χ0n) is 41.4. The second kappa shape index (κ2) is 50.5. The topological polar surface area (TPSA) is 95.9 Å². The number of amides is 1. The molecule has 0 aromatic rings. The summed E-state index contributed by atoms with van der Waals surface area (Å²) in [5, 5.41) is 23.8. The van der Waals surface area contributed by atoms with Crippen LogP contribution in [0.4, 0.5) is 0 Å². The van der Waals surface area contributed by atoms with Crippen molar-refractivity contribution >= 4 is 11.9 Å². The highest BCUT2D eigenvalue weighted by Crippen LogP contribution is 2.17. The molecule has 0 saturated carbocycles. The van der Waals surface area contributed by atoms with Crippen LogP contribution in [0.25, 0.3) is 0 Å². The van der Waals surface area contributed by atoms with Gasteiger partial charge < -0.3 is 20.3 Å². The Morgan fingerprint density at radius 3 is 1.42 bits per heavy atom. The number of esters is 1. The smallest absolute Gasteiger partial charge is 0.306 e. The summed E-state index contributed by atoms with van der Waals surface area (Å²) in [5.41, 5.74) is 0. The van der Waals surface area contributed by atoms with E-state index >= 15 is 0 Å². The number of hydrogen-bond donors (Lipinski definition) is 3. The first kappa shape index (κ1) is 60.5. The molecule has 0 aliphatic heterocycles. The van der Waals surface area contributed by atoms with Crippen LogP contribution in [0.1, 0.15) is 220 Å². The molecule has 3 unspecified atom stereocenters. The number of carbonyl (C=O) groups is 2. The molecule has 0 rings (SSSR count). The van der Waals surface area contributed by atoms with Crippen molar-refractivity contribution in [1.82, 2.24) is 5.32 Å². The standard InChI is InChI=1S/C58H97NO5/c1-4-7-10-13-16-19-22-25-26-27-28-29-30-33-36-39-42-45-48-51-58(63)64-54(49-46-43-40-37-34-31-23-20-17-14-11-8-5-2)52-57(62)59-55(53-60)56(61)50-47-44-41-38-35-32-24-21-18-15-12-9-6-3/h7-8,10-11,14,16-17,19-20,23,25-26,28-29,33,36,42,45,54-56,60-61H,4-6,9,12-13,15,18,21-22,24,27,30-32,34-35,37-41,43-44,46-53H2,1-3H3,(H,59,62)/b10-7-,11-8+,17-14+,19-16-,23-20+,26-25-,29-28-,36-33-,45-42-. The summed E-state index contributed by atoms with van der Waals surface area (Å²) in [6, 6.07) is -0.730. The highest BCUT2D eigenvalue weighted by molar-refractivity contribution is 5.77. The first-order valence-corrected chi connectivity index (χ1v) is 26.1. The molecule has 6 nitrogen and oxygen atoms in total. The number of aliphatic hydroxyl groups is 2. The molecule has 0 radical (unpaired) electrons. The third-order valence-corrected chi connectivity index (χ3v) is 11.2. The number of hydrogen-bond acceptors (Lipinski definition) is 5. The molecule has 0 aliphatic rings. The lowest BCUT2D eigenvalue weighted by atomic mass is 10.0. The van der Waals surface area contributed by atoms with E-state index in [4.69, 9.17) is 4.74 Å². The van der Waals surface area contributed by atoms with Crippen LogP contribution in [0.5, 0.6) is 0 Å². The molecule has 0 bridgehead atoms. The van der Waals surface area contributed by atoms with Crippen LogP contribution >= 0.6 is 0 Å². The Hall–Kier alpha value is -3.48. The van der Waals surface area contributed by atoms with E-state index < -0.39 is 18.2 Å². The summed E-state index contributed by atoms with van der Waals surface area (Å²) < 4.78 is 5.88. The quantitative estimate of drug-likeness (QED) is 0.0245. The molecule has 0 aliphatic carbocycles. The first-order chi connectivity index (χ1) is 31.5. The minimum atomic E-state index is -0.812. The Balaban J connectivity index is 4.72. The lowest BCUT2D eigenvalue weighted by molar-refractivity contribution is -0.150. The molecule has 364 valence electrons. The molecular formula is C58H97NO5. The van der Waals surface area contributed by atoms with Crippen molar-refractivity contribution in [3.8, 4) is 0 Å². The van der Waals surface area contributed by atoms with Gasteiger partial charge in [-0.1, -0.05) is 233 Å². The van der Waals surface area contributed by atoms with Gasteiger partial charge >= 0.3 is 5.97 Å². The zero-order chi connectivity index (χ0) is 46.7. The molecule has 0 aromatic heterocycles. The van der Waals surface area contributed by atoms with Crippen molar-refractivity contribution in [3.63, 3.8) is 0 Å². The number of nitrogens with one attached hydrogen (secondary N) is 1. The minimum absolute atomic E-state index is 0.0272. The normalized spacial score (nSPS) is 14.1. The van der Waals surface area contributed by atoms with Gasteiger partial charge in [0.1, 0.15) is 6.10 Å². The van der Waals surface area contributed by atoms with Gasteiger partial charge in [0, 0.05) is 6.42 Å². The maximum Gasteiger partial charge on any atom is 0.306 e. The third-order valence-electron chi connectivity index (χ3n) is 11.2. The van der Waals surface area contributed by atoms with Crippen molar-refractivity contribution in [2.24, 2.45) is 0 Å². The van der Waals surface area contributed by atoms with E-state index in [0.717, 1.165) is 103 Å². The average Bonchev–Trinajstić information content (AvgIpc) is 3.29. The SMILES string of the molecule is CC/C=C\C/C=C\C/C=C\C/C=C\C/C=C\C/C=C\CCC(=O)OC(CCCCCCC/C=C/C=C/C=C/CC)CC(=O)NC(CO)C(O)CCCCCCCCCCCCCCC. The number of aliphatic hydroxyl groups excluding tert-OH is 2. The predicted octanol–water partition coefficient (Wildman–Crippen LogP) is 15.9. The first-order valence-electron chi connectivity index (χ1n) is 26.1. The van der Waals surface area contributed by atoms with Crippen molar-refractivity contribution in [3.05, 3.63) is 109 Å². The summed E-state index contributed by atoms with van der Waals surface area (Å²) in [4.78, 5) is 26.1. The van der Waals surface area contributed by atoms with Gasteiger partial charge in [-0.3, -0.25) is 9.59 Å². The molecule has 0 spiro atoms. The maximum atomic E-state index is 13.2. The second-order valence-corrected chi connectivity index (χ2v) is 17.2. The van der Waals surface area contributed by atoms with Crippen molar-refractivity contribution in [2.45, 2.75) is 238 Å². The molecule has 0 fully saturated rings. The Morgan fingerprint density at radius 1 is 0.484 bits per heavy atom. The summed E-state index contributed by atoms with van der Waals surface area (Å²) in [6.45, 7) is 6.21. The summed E-state index contributed by atoms with van der Waals surface area (Å²) in [6.07, 6.45) is 68.7. The Morgan fingerprint density at radius 2 is 0.922 bits per heavy atom. The molecule has 3 atom stereocenters. The third kappa shape index (κ3) is 45.1. The molecule has 0 saturated heterocycles. The lowest BCUT2D eigenvalue weighted by Crippen LogP contribution is -2.46. The molecule has 3 N–H and O–H groups in total. The number of unbranched alkanes of at least 4 members (excludes halogenated alkanes) is 17. The van der Waals surface area contributed by atoms with E-state index in [2.05, 4.69) is 129 Å². The Bertz CT molecular complexity index is 1320. The molecule has 0 heterocycles. The molecule has 6 heteroatoms. The van der Waals surface area contributed by atoms with Gasteiger partial charge in [-0.05, 0) is 83.5 Å². The van der Waals surface area contributed by atoms with Gasteiger partial charge in [0.05, 0.1) is 25.2 Å². The molecular weight excluding hydrogens is 791 g/mol. The predicted molar refractivity (Wildman–Crippen MR) is 277 cm³/mol. The van der Waals surface area contributed by atoms with Crippen LogP contribution in [0.15, 0.2) is 109 Å². The minimum Gasteiger partial charge on any atom is -0.462 e. The van der Waals surface area contributed by atoms with E-state index in [-0.39, 0.29) is 31.3 Å². The van der Waals surface area contributed by atoms with E-state index in [9.17, 15) is 19.8 Å². The number of carbonyl (C=O) groups excluding carboxylic acids is 2. The fourth-order valence-electron chi connectivity index (χ4n) is 7.28. The van der Waals surface area contributed by atoms with Gasteiger partial charge in [-0.2, -0.15) is 0 Å². The van der Waals surface area contributed by atoms with Crippen LogP contribution < -0.4 is 5.32 Å². The van der Waals surface area contributed by atoms with Gasteiger partial charge in [0.15, 0.2) is 0 Å². The van der Waals surface area contributed by atoms with E-state index in [1.54, 1.807) is 0 Å². The monoisotopic (exact) mass is 888 g/mol. The molecule has 0 aromatic carbocycles. The van der Waals surface area contributed by atoms with Crippen LogP contribution in [-0.2, 0) is 14.3 Å². The van der Waals surface area contributed by atoms with Crippen LogP contribution in [0.2, 0.25) is 0 Å². The fourth-order valence-corrected chi connectivity index (χ4v) is 7.28. The average molecular weight is 888 g/mol. The van der Waals surface area contributed by atoms with Crippen molar-refractivity contribution in [2.75, 3.05) is 6.61 Å². The molecule has 64 heavy (non-hydrogen) atoms. The number of ether oxygens (including phenoxy) is 1. The highest BCUT2D eigenvalue weighted by atomic mass is 16.5. The number of rotatable bonds is 45. The summed E-state index contributed by atoms with van der Waals surface area (Å²) in [7, 11) is 0. The summed E-state index contributed by atoms with van der Waals surface area (Å²) in [5.74, 6) is -0.603. The van der Waals surface area contributed by atoms with E-state index in [1.807, 2.05) is 6.08 Å².